The molecule has 65 heavy (non-hydrogen) atoms. The number of carbonyl (C=O) groups is 4. The van der Waals surface area contributed by atoms with Crippen LogP contribution in [0.4, 0.5) is 0 Å². The van der Waals surface area contributed by atoms with E-state index in [4.69, 9.17) is 33.2 Å². The summed E-state index contributed by atoms with van der Waals surface area (Å²) in [6.45, 7) is 1.12. The summed E-state index contributed by atoms with van der Waals surface area (Å²) >= 11 is 0. The molecule has 4 rings (SSSR count). The largest absolute Gasteiger partial charge is 0.397 e. The smallest absolute Gasteiger partial charge is 0.394 e. The van der Waals surface area contributed by atoms with Crippen LogP contribution in [0.2, 0.25) is 0 Å². The highest BCUT2D eigenvalue weighted by Gasteiger charge is 2.56. The molecule has 28 nitrogen and oxygen atoms in total. The number of unbranched alkanes of at least 4 members (excludes halogenated alkanes) is 2. The monoisotopic (exact) mass is 966 g/mol. The zero-order chi connectivity index (χ0) is 48.5. The lowest BCUT2D eigenvalue weighted by molar-refractivity contribution is -0.361. The number of amides is 4. The second kappa shape index (κ2) is 24.4. The second-order valence-corrected chi connectivity index (χ2v) is 17.0. The van der Waals surface area contributed by atoms with Crippen molar-refractivity contribution in [3.63, 3.8) is 0 Å². The van der Waals surface area contributed by atoms with E-state index in [1.165, 1.54) is 0 Å². The molecule has 4 amide bonds. The molecule has 0 bridgehead atoms. The van der Waals surface area contributed by atoms with Crippen LogP contribution in [0, 0.1) is 0 Å². The Hall–Kier alpha value is -2.89. The third-order valence-electron chi connectivity index (χ3n) is 11.0. The van der Waals surface area contributed by atoms with Gasteiger partial charge >= 0.3 is 10.4 Å². The third kappa shape index (κ3) is 14.3. The van der Waals surface area contributed by atoms with Crippen molar-refractivity contribution in [1.29, 1.82) is 0 Å². The summed E-state index contributed by atoms with van der Waals surface area (Å²) in [5.74, 6) is -2.94. The SMILES string of the molecule is CCCCCC(=O)N[C@H]1[C@H](O[C@H]2C(O)[C@@H](NC(C)=O)[C@H](O[C@H]3[C@H](O)[C@@H](NC(C)=O)[C@H](O[C@H]4C(O)[C@@H](NC(C)=O)[C@H](O)O[C@@H]4COS(=O)(=O)O)O[C@@H]3CO)O[C@@H]2CO)O[C@H](CO)[C@@H](O)[C@@H]1O. The predicted octanol–water partition coefficient (Wildman–Crippen LogP) is -7.79. The van der Waals surface area contributed by atoms with Gasteiger partial charge in [0, 0.05) is 27.2 Å². The number of rotatable bonds is 20. The van der Waals surface area contributed by atoms with Crippen LogP contribution in [-0.2, 0) is 66.9 Å². The molecule has 29 heteroatoms. The molecule has 4 aliphatic rings. The van der Waals surface area contributed by atoms with Gasteiger partial charge in [-0.2, -0.15) is 8.42 Å². The highest BCUT2D eigenvalue weighted by Crippen LogP contribution is 2.34. The number of hydrogen-bond acceptors (Lipinski definition) is 23. The van der Waals surface area contributed by atoms with Crippen molar-refractivity contribution in [2.45, 2.75) is 176 Å². The molecule has 376 valence electrons. The Balaban J connectivity index is 1.63. The zero-order valence-electron chi connectivity index (χ0n) is 35.8. The lowest BCUT2D eigenvalue weighted by Crippen LogP contribution is -2.71. The van der Waals surface area contributed by atoms with Gasteiger partial charge in [0.05, 0.1) is 26.4 Å². The van der Waals surface area contributed by atoms with Crippen LogP contribution < -0.4 is 21.3 Å². The van der Waals surface area contributed by atoms with Gasteiger partial charge in [-0.15, -0.1) is 0 Å². The van der Waals surface area contributed by atoms with Gasteiger partial charge in [0.1, 0.15) is 97.4 Å². The van der Waals surface area contributed by atoms with Crippen LogP contribution in [0.25, 0.3) is 0 Å². The normalized spacial score (nSPS) is 40.1. The number of ether oxygens (including phenoxy) is 7. The van der Waals surface area contributed by atoms with Crippen LogP contribution >= 0.6 is 0 Å². The van der Waals surface area contributed by atoms with Crippen LogP contribution in [-0.4, -0.2) is 232 Å². The van der Waals surface area contributed by atoms with Gasteiger partial charge in [0.2, 0.25) is 23.6 Å². The molecule has 0 aromatic carbocycles. The number of carbonyl (C=O) groups excluding carboxylic acids is 4. The molecule has 0 aromatic rings. The van der Waals surface area contributed by atoms with Crippen molar-refractivity contribution < 1.29 is 115 Å². The fourth-order valence-electron chi connectivity index (χ4n) is 7.87. The van der Waals surface area contributed by atoms with E-state index in [9.17, 15) is 78.1 Å². The molecule has 4 fully saturated rings. The van der Waals surface area contributed by atoms with Gasteiger partial charge < -0.3 is 100 Å². The fraction of sp³-hybridized carbons (Fsp3) is 0.889. The summed E-state index contributed by atoms with van der Waals surface area (Å²) in [5, 5.41) is 107. The van der Waals surface area contributed by atoms with E-state index < -0.39 is 183 Å². The molecule has 2 unspecified atom stereocenters. The minimum absolute atomic E-state index is 0.0231. The molecule has 4 heterocycles. The van der Waals surface area contributed by atoms with E-state index in [0.29, 0.717) is 12.8 Å². The van der Waals surface area contributed by atoms with Crippen molar-refractivity contribution in [3.05, 3.63) is 0 Å². The minimum atomic E-state index is -5.14. The first-order chi connectivity index (χ1) is 30.5. The lowest BCUT2D eigenvalue weighted by Gasteiger charge is -2.51. The molecule has 0 aliphatic carbocycles. The quantitative estimate of drug-likeness (QED) is 0.0398. The molecular weight excluding hydrogens is 904 g/mol. The van der Waals surface area contributed by atoms with Crippen molar-refractivity contribution in [2.75, 3.05) is 26.4 Å². The fourth-order valence-corrected chi connectivity index (χ4v) is 8.18. The highest BCUT2D eigenvalue weighted by molar-refractivity contribution is 7.80. The maximum atomic E-state index is 12.9. The first-order valence-corrected chi connectivity index (χ1v) is 22.1. The van der Waals surface area contributed by atoms with Crippen LogP contribution in [0.1, 0.15) is 53.4 Å². The molecule has 0 spiro atoms. The summed E-state index contributed by atoms with van der Waals surface area (Å²) in [5.41, 5.74) is 0. The molecule has 20 atom stereocenters. The number of hydrogen-bond donors (Lipinski definition) is 14. The van der Waals surface area contributed by atoms with Crippen molar-refractivity contribution in [3.8, 4) is 0 Å². The van der Waals surface area contributed by atoms with E-state index in [-0.39, 0.29) is 6.42 Å². The summed E-state index contributed by atoms with van der Waals surface area (Å²) < 4.78 is 77.3. The van der Waals surface area contributed by atoms with E-state index in [1.54, 1.807) is 0 Å². The molecule has 4 saturated heterocycles. The van der Waals surface area contributed by atoms with Gasteiger partial charge in [-0.05, 0) is 6.42 Å². The Bertz CT molecular complexity index is 1690. The van der Waals surface area contributed by atoms with E-state index in [1.807, 2.05) is 6.92 Å². The van der Waals surface area contributed by atoms with Gasteiger partial charge in [-0.1, -0.05) is 19.8 Å². The first-order valence-electron chi connectivity index (χ1n) is 20.8. The van der Waals surface area contributed by atoms with Gasteiger partial charge in [-0.3, -0.25) is 23.7 Å². The summed E-state index contributed by atoms with van der Waals surface area (Å²) in [6, 6.07) is -6.55. The molecule has 4 aliphatic heterocycles. The lowest BCUT2D eigenvalue weighted by atomic mass is 9.93. The number of aliphatic hydroxyl groups is 9. The third-order valence-corrected chi connectivity index (χ3v) is 11.4. The Labute approximate surface area is 372 Å². The summed E-state index contributed by atoms with van der Waals surface area (Å²) in [6.07, 6.45) is -26.8. The Kier molecular flexibility index (Phi) is 20.5. The molecular formula is C36H62N4O24S. The molecule has 14 N–H and O–H groups in total. The van der Waals surface area contributed by atoms with Crippen molar-refractivity contribution in [1.82, 2.24) is 21.3 Å². The van der Waals surface area contributed by atoms with Crippen LogP contribution in [0.15, 0.2) is 0 Å². The van der Waals surface area contributed by atoms with E-state index in [2.05, 4.69) is 25.5 Å². The van der Waals surface area contributed by atoms with E-state index >= 15 is 0 Å². The minimum Gasteiger partial charge on any atom is -0.394 e. The van der Waals surface area contributed by atoms with Crippen LogP contribution in [0.5, 0.6) is 0 Å². The number of nitrogens with one attached hydrogen (secondary N) is 4. The molecule has 0 aromatic heterocycles. The summed E-state index contributed by atoms with van der Waals surface area (Å²) in [4.78, 5) is 49.8. The Morgan fingerprint density at radius 1 is 0.538 bits per heavy atom. The van der Waals surface area contributed by atoms with Crippen LogP contribution in [0.3, 0.4) is 0 Å². The van der Waals surface area contributed by atoms with Gasteiger partial charge in [0.25, 0.3) is 0 Å². The maximum Gasteiger partial charge on any atom is 0.397 e. The van der Waals surface area contributed by atoms with Gasteiger partial charge in [-0.25, -0.2) is 4.18 Å². The first kappa shape index (κ1) is 54.7. The predicted molar refractivity (Wildman–Crippen MR) is 209 cm³/mol. The summed E-state index contributed by atoms with van der Waals surface area (Å²) in [7, 11) is -5.14. The number of aliphatic hydroxyl groups excluding tert-OH is 9. The Morgan fingerprint density at radius 2 is 0.938 bits per heavy atom. The average Bonchev–Trinajstić information content (AvgIpc) is 3.22. The van der Waals surface area contributed by atoms with E-state index in [0.717, 1.165) is 27.2 Å². The maximum absolute atomic E-state index is 12.9. The van der Waals surface area contributed by atoms with Crippen molar-refractivity contribution in [2.24, 2.45) is 0 Å². The topological polar surface area (TPSA) is 427 Å². The van der Waals surface area contributed by atoms with Crippen molar-refractivity contribution >= 4 is 34.0 Å². The zero-order valence-corrected chi connectivity index (χ0v) is 36.6. The molecule has 0 radical (unpaired) electrons. The standard InChI is InChI=1S/C36H62N4O24S/c1-5-6-7-8-20(47)40-22-26(49)25(48)16(9-41)59-34(22)62-30-17(10-42)60-35(23(28(30)51)38-14(3)45)63-31-18(11-43)61-36(24(29(31)52)39-15(4)46)64-32-19(12-57-65(54,55)56)58-33(53)21(27(32)50)37-13(2)44/h16-19,21-36,41-43,48-53H,5-12H2,1-4H3,(H,37,44)(H,38,45)(H,39,46)(H,40,47)(H,54,55,56)/t16-,17-,18-,19-,21-,22-,23-,24-,25-,26-,27?,28?,29-,30-,31-,32-,33-,34+,35+,36+/m1/s1. The average molecular weight is 967 g/mol. The second-order valence-electron chi connectivity index (χ2n) is 15.9. The molecule has 0 saturated carbocycles. The highest BCUT2D eigenvalue weighted by atomic mass is 32.3. The van der Waals surface area contributed by atoms with Gasteiger partial charge in [0.15, 0.2) is 25.2 Å². The Morgan fingerprint density at radius 3 is 1.35 bits per heavy atom.